The first-order valence-electron chi connectivity index (χ1n) is 8.49. The van der Waals surface area contributed by atoms with Crippen LogP contribution in [0.25, 0.3) is 28.2 Å². The van der Waals surface area contributed by atoms with Gasteiger partial charge in [0.15, 0.2) is 17.2 Å². The number of nitrogens with two attached hydrogens (primary N) is 1. The predicted octanol–water partition coefficient (Wildman–Crippen LogP) is 1.29. The Morgan fingerprint density at radius 3 is 2.66 bits per heavy atom. The van der Waals surface area contributed by atoms with E-state index in [-0.39, 0.29) is 22.7 Å². The monoisotopic (exact) mass is 392 g/mol. The van der Waals surface area contributed by atoms with E-state index in [0.717, 1.165) is 0 Å². The molecule has 3 aromatic heterocycles. The third-order valence-corrected chi connectivity index (χ3v) is 4.32. The molecule has 10 heteroatoms. The van der Waals surface area contributed by atoms with E-state index in [4.69, 9.17) is 15.2 Å². The molecule has 0 aliphatic heterocycles. The molecule has 0 aliphatic rings. The van der Waals surface area contributed by atoms with Crippen molar-refractivity contribution in [1.82, 2.24) is 24.5 Å². The van der Waals surface area contributed by atoms with Crippen LogP contribution in [0.4, 0.5) is 0 Å². The van der Waals surface area contributed by atoms with Crippen molar-refractivity contribution < 1.29 is 14.3 Å². The van der Waals surface area contributed by atoms with Crippen LogP contribution in [0.2, 0.25) is 0 Å². The zero-order valence-electron chi connectivity index (χ0n) is 15.5. The van der Waals surface area contributed by atoms with Crippen molar-refractivity contribution >= 4 is 17.1 Å². The molecule has 10 nitrogen and oxygen atoms in total. The predicted molar refractivity (Wildman–Crippen MR) is 104 cm³/mol. The summed E-state index contributed by atoms with van der Waals surface area (Å²) in [6.45, 7) is 0. The number of imidazole rings is 1. The maximum Gasteiger partial charge on any atom is 0.332 e. The summed E-state index contributed by atoms with van der Waals surface area (Å²) >= 11 is 0. The fourth-order valence-corrected chi connectivity index (χ4v) is 2.98. The van der Waals surface area contributed by atoms with Gasteiger partial charge in [0.2, 0.25) is 0 Å². The summed E-state index contributed by atoms with van der Waals surface area (Å²) in [4.78, 5) is 40.2. The van der Waals surface area contributed by atoms with Gasteiger partial charge in [0.05, 0.1) is 19.9 Å². The Morgan fingerprint density at radius 1 is 1.17 bits per heavy atom. The summed E-state index contributed by atoms with van der Waals surface area (Å²) in [7, 11) is 3.00. The zero-order chi connectivity index (χ0) is 20.5. The fraction of sp³-hybridized carbons (Fsp3) is 0.105. The molecule has 29 heavy (non-hydrogen) atoms. The van der Waals surface area contributed by atoms with E-state index in [1.807, 2.05) is 0 Å². The van der Waals surface area contributed by atoms with E-state index >= 15 is 0 Å². The van der Waals surface area contributed by atoms with E-state index in [1.54, 1.807) is 42.7 Å². The van der Waals surface area contributed by atoms with Crippen molar-refractivity contribution in [2.24, 2.45) is 5.73 Å². The number of nitrogens with zero attached hydrogens (tertiary/aromatic N) is 4. The number of methoxy groups -OCH3 is 2. The van der Waals surface area contributed by atoms with Crippen LogP contribution in [0, 0.1) is 0 Å². The number of aromatic nitrogens is 5. The van der Waals surface area contributed by atoms with Crippen molar-refractivity contribution in [2.75, 3.05) is 14.2 Å². The Balaban J connectivity index is 2.06. The number of H-pyrrole nitrogens is 1. The third kappa shape index (κ3) is 3.06. The highest BCUT2D eigenvalue weighted by atomic mass is 16.5. The molecule has 4 rings (SSSR count). The molecular formula is C19H16N6O4. The van der Waals surface area contributed by atoms with Crippen LogP contribution in [-0.2, 0) is 0 Å². The van der Waals surface area contributed by atoms with Gasteiger partial charge in [-0.2, -0.15) is 0 Å². The third-order valence-electron chi connectivity index (χ3n) is 4.32. The van der Waals surface area contributed by atoms with Crippen LogP contribution in [0.1, 0.15) is 10.5 Å². The molecule has 1 aromatic carbocycles. The lowest BCUT2D eigenvalue weighted by Crippen LogP contribution is -2.16. The molecule has 3 N–H and O–H groups in total. The Labute approximate surface area is 164 Å². The first-order chi connectivity index (χ1) is 14.0. The van der Waals surface area contributed by atoms with Crippen LogP contribution < -0.4 is 20.9 Å². The number of nitrogens with one attached hydrogen (secondary N) is 1. The zero-order valence-corrected chi connectivity index (χ0v) is 15.5. The molecule has 0 saturated carbocycles. The van der Waals surface area contributed by atoms with Gasteiger partial charge in [-0.3, -0.25) is 9.78 Å². The van der Waals surface area contributed by atoms with E-state index in [2.05, 4.69) is 19.9 Å². The largest absolute Gasteiger partial charge is 0.497 e. The molecule has 0 unspecified atom stereocenters. The molecule has 0 bridgehead atoms. The van der Waals surface area contributed by atoms with Gasteiger partial charge in [-0.05, 0) is 24.3 Å². The number of carbonyl (C=O) groups excluding carboxylic acids is 1. The highest BCUT2D eigenvalue weighted by molar-refractivity contribution is 6.02. The van der Waals surface area contributed by atoms with Crippen molar-refractivity contribution in [2.45, 2.75) is 0 Å². The van der Waals surface area contributed by atoms with E-state index in [0.29, 0.717) is 22.7 Å². The van der Waals surface area contributed by atoms with E-state index < -0.39 is 11.6 Å². The topological polar surface area (TPSA) is 138 Å². The number of aromatic amines is 1. The van der Waals surface area contributed by atoms with Crippen molar-refractivity contribution in [3.63, 3.8) is 0 Å². The highest BCUT2D eigenvalue weighted by Gasteiger charge is 2.22. The minimum atomic E-state index is -0.794. The van der Waals surface area contributed by atoms with Crippen molar-refractivity contribution in [1.29, 1.82) is 0 Å². The van der Waals surface area contributed by atoms with Crippen LogP contribution in [-0.4, -0.2) is 44.6 Å². The highest BCUT2D eigenvalue weighted by Crippen LogP contribution is 2.29. The first-order valence-corrected chi connectivity index (χ1v) is 8.49. The number of rotatable bonds is 5. The Hall–Kier alpha value is -4.21. The second-order valence-electron chi connectivity index (χ2n) is 6.00. The van der Waals surface area contributed by atoms with Gasteiger partial charge in [-0.15, -0.1) is 0 Å². The second-order valence-corrected chi connectivity index (χ2v) is 6.00. The number of fused-ring (bicyclic) bond motifs is 1. The molecule has 1 amide bonds. The smallest absolute Gasteiger partial charge is 0.332 e. The molecule has 146 valence electrons. The first kappa shape index (κ1) is 18.2. The van der Waals surface area contributed by atoms with Crippen LogP contribution in [0.15, 0.2) is 47.5 Å². The van der Waals surface area contributed by atoms with Crippen LogP contribution in [0.3, 0.4) is 0 Å². The molecule has 0 radical (unpaired) electrons. The number of hydrogen-bond donors (Lipinski definition) is 2. The van der Waals surface area contributed by atoms with Gasteiger partial charge in [0.1, 0.15) is 17.0 Å². The van der Waals surface area contributed by atoms with Gasteiger partial charge in [0, 0.05) is 24.0 Å². The average molecular weight is 392 g/mol. The number of ether oxygens (including phenoxy) is 2. The van der Waals surface area contributed by atoms with Crippen molar-refractivity contribution in [3.8, 4) is 28.6 Å². The van der Waals surface area contributed by atoms with Crippen molar-refractivity contribution in [3.05, 3.63) is 58.9 Å². The molecule has 0 fully saturated rings. The standard InChI is InChI=1S/C19H16N6O4/c1-28-11-5-6-12(13(8-11)29-2)25-18-15(23-19(25)27)14(16(20)26)22-17(24-18)10-4-3-7-21-9-10/h3-9H,1-2H3,(H2,20,26)(H,23,27). The lowest BCUT2D eigenvalue weighted by atomic mass is 10.2. The van der Waals surface area contributed by atoms with Crippen LogP contribution in [0.5, 0.6) is 11.5 Å². The molecule has 0 aliphatic carbocycles. The number of pyridine rings is 1. The lowest BCUT2D eigenvalue weighted by Gasteiger charge is -2.11. The number of amides is 1. The molecule has 4 aromatic rings. The summed E-state index contributed by atoms with van der Waals surface area (Å²) in [5.41, 5.74) is 6.17. The van der Waals surface area contributed by atoms with Gasteiger partial charge in [0.25, 0.3) is 5.91 Å². The number of benzene rings is 1. The minimum absolute atomic E-state index is 0.0998. The SMILES string of the molecule is COc1ccc(-n2c(=O)[nH]c3c(C(N)=O)nc(-c4cccnc4)nc32)c(OC)c1. The second kappa shape index (κ2) is 7.08. The summed E-state index contributed by atoms with van der Waals surface area (Å²) in [5, 5.41) is 0. The Kier molecular flexibility index (Phi) is 4.43. The number of primary amides is 1. The molecule has 0 atom stereocenters. The lowest BCUT2D eigenvalue weighted by molar-refractivity contribution is 0.0997. The number of hydrogen-bond acceptors (Lipinski definition) is 7. The summed E-state index contributed by atoms with van der Waals surface area (Å²) < 4.78 is 11.9. The summed E-state index contributed by atoms with van der Waals surface area (Å²) in [6.07, 6.45) is 3.15. The Bertz CT molecular complexity index is 1280. The number of carbonyl (C=O) groups is 1. The van der Waals surface area contributed by atoms with Crippen LogP contribution >= 0.6 is 0 Å². The molecular weight excluding hydrogens is 376 g/mol. The average Bonchev–Trinajstić information content (AvgIpc) is 3.08. The summed E-state index contributed by atoms with van der Waals surface area (Å²) in [5.74, 6) is 0.355. The van der Waals surface area contributed by atoms with E-state index in [9.17, 15) is 9.59 Å². The van der Waals surface area contributed by atoms with Gasteiger partial charge in [-0.1, -0.05) is 0 Å². The molecule has 3 heterocycles. The molecule has 0 saturated heterocycles. The maximum absolute atomic E-state index is 12.8. The maximum atomic E-state index is 12.8. The fourth-order valence-electron chi connectivity index (χ4n) is 2.98. The van der Waals surface area contributed by atoms with Gasteiger partial charge < -0.3 is 20.2 Å². The van der Waals surface area contributed by atoms with Gasteiger partial charge >= 0.3 is 5.69 Å². The van der Waals surface area contributed by atoms with E-state index in [1.165, 1.54) is 18.8 Å². The minimum Gasteiger partial charge on any atom is -0.497 e. The quantitative estimate of drug-likeness (QED) is 0.522. The molecule has 0 spiro atoms. The normalized spacial score (nSPS) is 10.8. The Morgan fingerprint density at radius 2 is 2.00 bits per heavy atom. The van der Waals surface area contributed by atoms with Gasteiger partial charge in [-0.25, -0.2) is 19.3 Å². The summed E-state index contributed by atoms with van der Waals surface area (Å²) in [6, 6.07) is 8.42.